The summed E-state index contributed by atoms with van der Waals surface area (Å²) in [5.74, 6) is 0. The highest BCUT2D eigenvalue weighted by Gasteiger charge is 2.27. The first-order valence-electron chi connectivity index (χ1n) is 49.3. The lowest BCUT2D eigenvalue weighted by molar-refractivity contribution is 1.18. The molecular weight excluding hydrogens is 1750 g/mol. The molecule has 0 radical (unpaired) electrons. The molecule has 0 unspecified atom stereocenters. The summed E-state index contributed by atoms with van der Waals surface area (Å²) >= 11 is 0. The van der Waals surface area contributed by atoms with E-state index in [1.54, 1.807) is 0 Å². The van der Waals surface area contributed by atoms with Crippen LogP contribution in [0.4, 0.5) is 68.2 Å². The summed E-state index contributed by atoms with van der Waals surface area (Å²) in [6.07, 6.45) is 0. The number of fused-ring (bicyclic) bond motifs is 18. The number of nitrogens with zero attached hydrogens (tertiary/aromatic N) is 8. The van der Waals surface area contributed by atoms with E-state index < -0.39 is 0 Å². The van der Waals surface area contributed by atoms with E-state index in [0.717, 1.165) is 85.3 Å². The molecule has 0 aliphatic carbocycles. The summed E-state index contributed by atoms with van der Waals surface area (Å²) in [6, 6.07) is 205. The smallest absolute Gasteiger partial charge is 0.0619 e. The van der Waals surface area contributed by atoms with Gasteiger partial charge >= 0.3 is 0 Å². The molecular formula is C136H94N8. The normalized spacial score (nSPS) is 11.5. The second-order valence-electron chi connectivity index (χ2n) is 36.7. The van der Waals surface area contributed by atoms with Crippen molar-refractivity contribution in [3.05, 3.63) is 570 Å². The van der Waals surface area contributed by atoms with Crippen LogP contribution in [0, 0.1) is 0 Å². The van der Waals surface area contributed by atoms with Crippen molar-refractivity contribution >= 4 is 199 Å². The molecule has 0 N–H and O–H groups in total. The summed E-state index contributed by atoms with van der Waals surface area (Å²) in [5, 5.41) is 19.8. The molecule has 0 saturated carbocycles. The molecule has 8 heteroatoms. The van der Waals surface area contributed by atoms with Gasteiger partial charge in [0.2, 0.25) is 0 Å². The topological polar surface area (TPSA) is 32.7 Å². The maximum absolute atomic E-state index is 2.44. The molecule has 0 bridgehead atoms. The van der Waals surface area contributed by atoms with Gasteiger partial charge in [-0.2, -0.15) is 0 Å². The van der Waals surface area contributed by atoms with E-state index in [4.69, 9.17) is 0 Å². The second-order valence-corrected chi connectivity index (χ2v) is 36.7. The maximum Gasteiger partial charge on any atom is 0.0619 e. The highest BCUT2D eigenvalue weighted by Crippen LogP contribution is 2.50. The fraction of sp³-hybridized carbons (Fsp3) is 0. The molecule has 0 amide bonds. The van der Waals surface area contributed by atoms with Crippen LogP contribution in [0.2, 0.25) is 0 Å². The minimum absolute atomic E-state index is 1.12. The van der Waals surface area contributed by atoms with Gasteiger partial charge in [0.15, 0.2) is 0 Å². The number of hydrogen-bond acceptors (Lipinski definition) is 4. The summed E-state index contributed by atoms with van der Waals surface area (Å²) in [6.45, 7) is 0. The van der Waals surface area contributed by atoms with E-state index in [1.165, 1.54) is 147 Å². The van der Waals surface area contributed by atoms with Gasteiger partial charge < -0.3 is 37.9 Å². The Morgan fingerprint density at radius 2 is 0.403 bits per heavy atom. The number of hydrogen-bond donors (Lipinski definition) is 0. The monoisotopic (exact) mass is 1840 g/mol. The lowest BCUT2D eigenvalue weighted by Crippen LogP contribution is -2.10. The van der Waals surface area contributed by atoms with Gasteiger partial charge in [-0.05, 0) is 275 Å². The zero-order chi connectivity index (χ0) is 95.3. The second kappa shape index (κ2) is 36.9. The van der Waals surface area contributed by atoms with Crippen LogP contribution in [0.1, 0.15) is 0 Å². The molecule has 28 rings (SSSR count). The average Bonchev–Trinajstić information content (AvgIpc) is 1.55. The third-order valence-corrected chi connectivity index (χ3v) is 28.3. The quantitative estimate of drug-likeness (QED) is 0.0910. The van der Waals surface area contributed by atoms with E-state index in [-0.39, 0.29) is 0 Å². The van der Waals surface area contributed by atoms with Crippen molar-refractivity contribution in [2.45, 2.75) is 0 Å². The van der Waals surface area contributed by atoms with Crippen LogP contribution in [-0.2, 0) is 0 Å². The lowest BCUT2D eigenvalue weighted by atomic mass is 10.0. The lowest BCUT2D eigenvalue weighted by Gasteiger charge is -2.27. The van der Waals surface area contributed by atoms with Gasteiger partial charge in [-0.25, -0.2) is 0 Å². The van der Waals surface area contributed by atoms with Gasteiger partial charge in [-0.3, -0.25) is 0 Å². The first-order valence-corrected chi connectivity index (χ1v) is 49.3. The third kappa shape index (κ3) is 15.3. The number of benzene rings is 24. The van der Waals surface area contributed by atoms with Gasteiger partial charge in [0, 0.05) is 139 Å². The molecule has 24 aromatic carbocycles. The number of aromatic nitrogens is 4. The Morgan fingerprint density at radius 1 is 0.125 bits per heavy atom. The Balaban J connectivity index is 0.000000110. The van der Waals surface area contributed by atoms with Gasteiger partial charge in [0.1, 0.15) is 0 Å². The first kappa shape index (κ1) is 85.2. The van der Waals surface area contributed by atoms with Crippen molar-refractivity contribution < 1.29 is 0 Å². The summed E-state index contributed by atoms with van der Waals surface area (Å²) in [4.78, 5) is 9.38. The summed E-state index contributed by atoms with van der Waals surface area (Å²) in [7, 11) is 0. The summed E-state index contributed by atoms with van der Waals surface area (Å²) in [5.41, 5.74) is 30.2. The summed E-state index contributed by atoms with van der Waals surface area (Å²) < 4.78 is 9.67. The molecule has 0 fully saturated rings. The zero-order valence-electron chi connectivity index (χ0n) is 78.8. The van der Waals surface area contributed by atoms with Gasteiger partial charge in [-0.15, -0.1) is 0 Å². The molecule has 0 spiro atoms. The van der Waals surface area contributed by atoms with Crippen LogP contribution >= 0.6 is 0 Å². The molecule has 4 heterocycles. The standard InChI is InChI=1S/2C46H31N3.C44H32N2/c1-5-15-33(16-6-1)47(34-17-7-2-8-18-34)37-26-28-43-40(30-37)41-31-39-32(29-45(41)49(43)36-21-11-4-12-22-36)25-27-44-46(39)38-23-13-14-24-42(38)48(44)35-19-9-3-10-20-35;1-5-15-33(16-6-1)47(34-17-7-2-8-18-34)37-26-28-44-41(30-37)42-31-40-32(29-45(42)48(44)35-19-9-3-10-20-35)25-27-39-38-23-13-14-24-43(38)49(46(39)40)36-21-11-4-12-22-36;1-3-17-37(18-4-1)45(43-23-11-15-35-13-7-9-21-41(35)43)39-29-25-33(26-30-39)34-27-31-40(32-28-34)46(38-19-5-2-6-20-38)44-24-12-16-36-14-8-10-22-42(36)44/h2*1-31H;1-32H. The van der Waals surface area contributed by atoms with Crippen LogP contribution in [0.25, 0.3) is 164 Å². The van der Waals surface area contributed by atoms with E-state index in [0.29, 0.717) is 0 Å². The molecule has 0 aliphatic rings. The largest absolute Gasteiger partial charge is 0.310 e. The fourth-order valence-corrected chi connectivity index (χ4v) is 21.9. The molecule has 28 aromatic rings. The number of rotatable bonds is 17. The van der Waals surface area contributed by atoms with Crippen LogP contribution in [-0.4, -0.2) is 18.3 Å². The Morgan fingerprint density at radius 3 is 0.812 bits per heavy atom. The molecule has 0 aliphatic heterocycles. The average molecular weight is 1840 g/mol. The molecule has 0 saturated heterocycles. The molecule has 678 valence electrons. The van der Waals surface area contributed by atoms with Crippen molar-refractivity contribution in [1.82, 2.24) is 18.3 Å². The van der Waals surface area contributed by atoms with Crippen molar-refractivity contribution in [1.29, 1.82) is 0 Å². The van der Waals surface area contributed by atoms with E-state index in [2.05, 4.69) is 608 Å². The van der Waals surface area contributed by atoms with E-state index in [9.17, 15) is 0 Å². The maximum atomic E-state index is 2.44. The Labute approximate surface area is 834 Å². The predicted molar refractivity (Wildman–Crippen MR) is 611 cm³/mol. The molecule has 0 atom stereocenters. The SMILES string of the molecule is c1ccc(N(c2ccc(-c3ccc(N(c4ccccc4)c4cccc5ccccc45)cc3)cc2)c2cccc3ccccc23)cc1.c1ccc(N(c2ccccc2)c2ccc3c(c2)c2cc4c(ccc5c4c4ccccc4n5-c4ccccc4)cc2n3-c2ccccc2)cc1.c1ccc(N(c2ccccc2)c2ccc3c(c2)c2cc4c(ccc5c6ccccc6n(-c6ccccc6)c45)cc2n3-c2ccccc2)cc1. The minimum atomic E-state index is 1.12. The first-order chi connectivity index (χ1) is 71.5. The highest BCUT2D eigenvalue weighted by atomic mass is 15.2. The molecule has 144 heavy (non-hydrogen) atoms. The minimum Gasteiger partial charge on any atom is -0.310 e. The predicted octanol–water partition coefficient (Wildman–Crippen LogP) is 37.6. The van der Waals surface area contributed by atoms with Crippen LogP contribution in [0.3, 0.4) is 0 Å². The van der Waals surface area contributed by atoms with Gasteiger partial charge in [0.25, 0.3) is 0 Å². The van der Waals surface area contributed by atoms with Crippen molar-refractivity contribution in [3.63, 3.8) is 0 Å². The number of para-hydroxylation sites is 12. The Hall–Kier alpha value is -19.3. The van der Waals surface area contributed by atoms with Crippen molar-refractivity contribution in [2.75, 3.05) is 19.6 Å². The fourth-order valence-electron chi connectivity index (χ4n) is 21.9. The van der Waals surface area contributed by atoms with Crippen LogP contribution < -0.4 is 19.6 Å². The van der Waals surface area contributed by atoms with Gasteiger partial charge in [-0.1, -0.05) is 334 Å². The van der Waals surface area contributed by atoms with Crippen LogP contribution in [0.15, 0.2) is 570 Å². The van der Waals surface area contributed by atoms with Crippen molar-refractivity contribution in [2.24, 2.45) is 0 Å². The van der Waals surface area contributed by atoms with E-state index >= 15 is 0 Å². The number of anilines is 12. The highest BCUT2D eigenvalue weighted by molar-refractivity contribution is 6.27. The molecule has 4 aromatic heterocycles. The Bertz CT molecular complexity index is 9340. The van der Waals surface area contributed by atoms with Gasteiger partial charge in [0.05, 0.1) is 55.5 Å². The van der Waals surface area contributed by atoms with Crippen molar-refractivity contribution in [3.8, 4) is 33.9 Å². The van der Waals surface area contributed by atoms with E-state index in [1.807, 2.05) is 0 Å². The van der Waals surface area contributed by atoms with Crippen LogP contribution in [0.5, 0.6) is 0 Å². The molecule has 8 nitrogen and oxygen atoms in total. The Kier molecular flexibility index (Phi) is 21.8. The third-order valence-electron chi connectivity index (χ3n) is 28.3. The zero-order valence-corrected chi connectivity index (χ0v) is 78.8.